The minimum absolute atomic E-state index is 0.753. The summed E-state index contributed by atoms with van der Waals surface area (Å²) in [5.74, 6) is 2.63. The number of rotatable bonds is 4. The maximum Gasteiger partial charge on any atom is 0.0127 e. The Kier molecular flexibility index (Phi) is 4.22. The van der Waals surface area contributed by atoms with Crippen LogP contribution in [0, 0.1) is 11.8 Å². The van der Waals surface area contributed by atoms with Gasteiger partial charge in [-0.3, -0.25) is 0 Å². The molecule has 104 valence electrons. The average molecular weight is 257 g/mol. The number of benzene rings is 1. The van der Waals surface area contributed by atoms with E-state index < -0.39 is 0 Å². The van der Waals surface area contributed by atoms with Gasteiger partial charge < -0.3 is 5.32 Å². The van der Waals surface area contributed by atoms with Crippen molar-refractivity contribution in [2.75, 3.05) is 7.05 Å². The molecule has 1 heteroatoms. The van der Waals surface area contributed by atoms with Crippen molar-refractivity contribution in [3.05, 3.63) is 35.9 Å². The number of hydrogen-bond donors (Lipinski definition) is 1. The monoisotopic (exact) mass is 257 g/mol. The van der Waals surface area contributed by atoms with Crippen LogP contribution in [-0.4, -0.2) is 13.1 Å². The van der Waals surface area contributed by atoms with Crippen LogP contribution in [0.2, 0.25) is 0 Å². The van der Waals surface area contributed by atoms with E-state index >= 15 is 0 Å². The largest absolute Gasteiger partial charge is 0.316 e. The Morgan fingerprint density at radius 1 is 1.00 bits per heavy atom. The molecule has 0 amide bonds. The Bertz CT molecular complexity index is 378. The second-order valence-electron chi connectivity index (χ2n) is 6.48. The molecule has 0 heterocycles. The van der Waals surface area contributed by atoms with Gasteiger partial charge >= 0.3 is 0 Å². The summed E-state index contributed by atoms with van der Waals surface area (Å²) in [6.45, 7) is 0. The van der Waals surface area contributed by atoms with Crippen LogP contribution >= 0.6 is 0 Å². The van der Waals surface area contributed by atoms with E-state index in [4.69, 9.17) is 0 Å². The highest BCUT2D eigenvalue weighted by Gasteiger charge is 2.45. The lowest BCUT2D eigenvalue weighted by Gasteiger charge is -2.26. The first-order chi connectivity index (χ1) is 9.40. The Balaban J connectivity index is 1.64. The first-order valence-electron chi connectivity index (χ1n) is 8.12. The molecule has 3 unspecified atom stereocenters. The molecule has 3 rings (SSSR count). The van der Waals surface area contributed by atoms with E-state index in [-0.39, 0.29) is 0 Å². The Morgan fingerprint density at radius 3 is 2.32 bits per heavy atom. The SMILES string of the molecule is CNC(C1CCCCCC1)C1CC1c1ccccc1. The van der Waals surface area contributed by atoms with Crippen LogP contribution in [-0.2, 0) is 0 Å². The lowest BCUT2D eigenvalue weighted by molar-refractivity contribution is 0.302. The first-order valence-corrected chi connectivity index (χ1v) is 8.12. The van der Waals surface area contributed by atoms with Crippen LogP contribution in [0.3, 0.4) is 0 Å². The van der Waals surface area contributed by atoms with Crippen molar-refractivity contribution in [2.24, 2.45) is 11.8 Å². The molecule has 2 saturated carbocycles. The van der Waals surface area contributed by atoms with Crippen molar-refractivity contribution in [1.29, 1.82) is 0 Å². The van der Waals surface area contributed by atoms with Crippen molar-refractivity contribution in [3.8, 4) is 0 Å². The Morgan fingerprint density at radius 2 is 1.68 bits per heavy atom. The molecule has 2 aliphatic carbocycles. The van der Waals surface area contributed by atoms with Gasteiger partial charge in [-0.2, -0.15) is 0 Å². The summed E-state index contributed by atoms with van der Waals surface area (Å²) in [6.07, 6.45) is 10.1. The molecule has 3 atom stereocenters. The summed E-state index contributed by atoms with van der Waals surface area (Å²) in [5.41, 5.74) is 1.56. The predicted molar refractivity (Wildman–Crippen MR) is 81.3 cm³/mol. The van der Waals surface area contributed by atoms with Gasteiger partial charge in [-0.1, -0.05) is 56.0 Å². The van der Waals surface area contributed by atoms with Gasteiger partial charge in [0.05, 0.1) is 0 Å². The third-order valence-corrected chi connectivity index (χ3v) is 5.27. The maximum absolute atomic E-state index is 3.66. The fourth-order valence-corrected chi connectivity index (χ4v) is 4.16. The van der Waals surface area contributed by atoms with E-state index in [1.165, 1.54) is 44.9 Å². The third kappa shape index (κ3) is 3.02. The van der Waals surface area contributed by atoms with E-state index in [1.807, 2.05) is 0 Å². The molecule has 1 aromatic rings. The molecular formula is C18H27N. The van der Waals surface area contributed by atoms with Gasteiger partial charge in [-0.05, 0) is 49.6 Å². The van der Waals surface area contributed by atoms with E-state index in [0.29, 0.717) is 0 Å². The van der Waals surface area contributed by atoms with Gasteiger partial charge in [0.15, 0.2) is 0 Å². The fourth-order valence-electron chi connectivity index (χ4n) is 4.16. The second kappa shape index (κ2) is 6.09. The second-order valence-corrected chi connectivity index (χ2v) is 6.48. The highest BCUT2D eigenvalue weighted by Crippen LogP contribution is 2.52. The van der Waals surface area contributed by atoms with Gasteiger partial charge in [0, 0.05) is 6.04 Å². The molecule has 2 aliphatic rings. The molecule has 19 heavy (non-hydrogen) atoms. The Labute approximate surface area is 117 Å². The van der Waals surface area contributed by atoms with Crippen LogP contribution in [0.1, 0.15) is 56.4 Å². The molecular weight excluding hydrogens is 230 g/mol. The van der Waals surface area contributed by atoms with Crippen LogP contribution in [0.4, 0.5) is 0 Å². The molecule has 1 aromatic carbocycles. The summed E-state index contributed by atoms with van der Waals surface area (Å²) in [7, 11) is 2.18. The summed E-state index contributed by atoms with van der Waals surface area (Å²) in [5, 5.41) is 3.66. The predicted octanol–water partition coefficient (Wildman–Crippen LogP) is 4.35. The zero-order valence-corrected chi connectivity index (χ0v) is 12.1. The molecule has 0 aromatic heterocycles. The van der Waals surface area contributed by atoms with E-state index in [2.05, 4.69) is 42.7 Å². The smallest absolute Gasteiger partial charge is 0.0127 e. The standard InChI is InChI=1S/C18H27N/c1-19-18(15-11-5-2-3-6-12-15)17-13-16(17)14-9-7-4-8-10-14/h4,7-10,15-19H,2-3,5-6,11-13H2,1H3. The molecule has 2 fully saturated rings. The summed E-state index contributed by atoms with van der Waals surface area (Å²) in [6, 6.07) is 11.9. The van der Waals surface area contributed by atoms with Gasteiger partial charge in [0.25, 0.3) is 0 Å². The van der Waals surface area contributed by atoms with Crippen molar-refractivity contribution >= 4 is 0 Å². The van der Waals surface area contributed by atoms with E-state index in [0.717, 1.165) is 23.8 Å². The minimum Gasteiger partial charge on any atom is -0.316 e. The van der Waals surface area contributed by atoms with Gasteiger partial charge in [0.2, 0.25) is 0 Å². The van der Waals surface area contributed by atoms with Crippen molar-refractivity contribution in [3.63, 3.8) is 0 Å². The molecule has 1 nitrogen and oxygen atoms in total. The molecule has 0 saturated heterocycles. The third-order valence-electron chi connectivity index (χ3n) is 5.27. The molecule has 0 spiro atoms. The number of hydrogen-bond acceptors (Lipinski definition) is 1. The lowest BCUT2D eigenvalue weighted by Crippen LogP contribution is -2.36. The fraction of sp³-hybridized carbons (Fsp3) is 0.667. The van der Waals surface area contributed by atoms with Crippen molar-refractivity contribution in [2.45, 2.75) is 56.9 Å². The zero-order chi connectivity index (χ0) is 13.1. The van der Waals surface area contributed by atoms with Crippen molar-refractivity contribution < 1.29 is 0 Å². The number of nitrogens with one attached hydrogen (secondary N) is 1. The first kappa shape index (κ1) is 13.2. The summed E-state index contributed by atoms with van der Waals surface area (Å²) < 4.78 is 0. The Hall–Kier alpha value is -0.820. The summed E-state index contributed by atoms with van der Waals surface area (Å²) in [4.78, 5) is 0. The van der Waals surface area contributed by atoms with Gasteiger partial charge in [-0.25, -0.2) is 0 Å². The molecule has 0 radical (unpaired) electrons. The zero-order valence-electron chi connectivity index (χ0n) is 12.1. The van der Waals surface area contributed by atoms with Crippen LogP contribution in [0.25, 0.3) is 0 Å². The lowest BCUT2D eigenvalue weighted by atomic mass is 9.87. The highest BCUT2D eigenvalue weighted by molar-refractivity contribution is 5.26. The van der Waals surface area contributed by atoms with Crippen LogP contribution in [0.5, 0.6) is 0 Å². The minimum atomic E-state index is 0.753. The maximum atomic E-state index is 3.66. The van der Waals surface area contributed by atoms with Crippen molar-refractivity contribution in [1.82, 2.24) is 5.32 Å². The normalized spacial score (nSPS) is 29.7. The highest BCUT2D eigenvalue weighted by atomic mass is 14.9. The molecule has 1 N–H and O–H groups in total. The molecule has 0 bridgehead atoms. The van der Waals surface area contributed by atoms with Gasteiger partial charge in [0.1, 0.15) is 0 Å². The van der Waals surface area contributed by atoms with Crippen LogP contribution < -0.4 is 5.32 Å². The van der Waals surface area contributed by atoms with Gasteiger partial charge in [-0.15, -0.1) is 0 Å². The topological polar surface area (TPSA) is 12.0 Å². The van der Waals surface area contributed by atoms with Crippen LogP contribution in [0.15, 0.2) is 30.3 Å². The molecule has 0 aliphatic heterocycles. The average Bonchev–Trinajstić information content (AvgIpc) is 3.25. The van der Waals surface area contributed by atoms with E-state index in [1.54, 1.807) is 5.56 Å². The quantitative estimate of drug-likeness (QED) is 0.791. The van der Waals surface area contributed by atoms with E-state index in [9.17, 15) is 0 Å². The summed E-state index contributed by atoms with van der Waals surface area (Å²) >= 11 is 0.